The van der Waals surface area contributed by atoms with Gasteiger partial charge in [-0.1, -0.05) is 18.2 Å². The topological polar surface area (TPSA) is 24.5 Å². The standard InChI is InChI=1S/C8H9ClN2OS/c1-11(8(13)10-9)12-7-5-3-2-4-6-7/h2-6H,1H3,(H,10,13). The van der Waals surface area contributed by atoms with Gasteiger partial charge in [0.25, 0.3) is 0 Å². The van der Waals surface area contributed by atoms with Gasteiger partial charge >= 0.3 is 0 Å². The van der Waals surface area contributed by atoms with E-state index in [0.29, 0.717) is 10.9 Å². The van der Waals surface area contributed by atoms with Crippen molar-refractivity contribution in [2.24, 2.45) is 0 Å². The predicted octanol–water partition coefficient (Wildman–Crippen LogP) is 1.94. The summed E-state index contributed by atoms with van der Waals surface area (Å²) in [6, 6.07) is 9.31. The highest BCUT2D eigenvalue weighted by atomic mass is 35.5. The highest BCUT2D eigenvalue weighted by molar-refractivity contribution is 7.80. The first-order valence-corrected chi connectivity index (χ1v) is 4.40. The molecule has 1 rings (SSSR count). The first-order valence-electron chi connectivity index (χ1n) is 3.61. The lowest BCUT2D eigenvalue weighted by Crippen LogP contribution is -2.34. The molecule has 13 heavy (non-hydrogen) atoms. The first kappa shape index (κ1) is 10.1. The van der Waals surface area contributed by atoms with E-state index in [-0.39, 0.29) is 0 Å². The van der Waals surface area contributed by atoms with Crippen molar-refractivity contribution < 1.29 is 4.84 Å². The third-order valence-electron chi connectivity index (χ3n) is 1.35. The summed E-state index contributed by atoms with van der Waals surface area (Å²) in [4.78, 5) is 7.60. The molecule has 0 saturated heterocycles. The predicted molar refractivity (Wildman–Crippen MR) is 56.4 cm³/mol. The van der Waals surface area contributed by atoms with Crippen LogP contribution >= 0.6 is 24.0 Å². The normalized spacial score (nSPS) is 9.08. The van der Waals surface area contributed by atoms with Crippen LogP contribution in [0.1, 0.15) is 0 Å². The molecule has 1 N–H and O–H groups in total. The van der Waals surface area contributed by atoms with Gasteiger partial charge in [-0.2, -0.15) is 5.06 Å². The summed E-state index contributed by atoms with van der Waals surface area (Å²) in [7, 11) is 1.67. The lowest BCUT2D eigenvalue weighted by Gasteiger charge is -2.18. The third-order valence-corrected chi connectivity index (χ3v) is 2.00. The number of benzene rings is 1. The van der Waals surface area contributed by atoms with Gasteiger partial charge in [-0.05, 0) is 24.4 Å². The minimum absolute atomic E-state index is 0.311. The lowest BCUT2D eigenvalue weighted by molar-refractivity contribution is 0.0483. The highest BCUT2D eigenvalue weighted by Gasteiger charge is 2.03. The number of nitrogens with one attached hydrogen (secondary N) is 1. The number of hydrogen-bond acceptors (Lipinski definition) is 2. The Bertz CT molecular complexity index is 281. The molecule has 0 aliphatic heterocycles. The highest BCUT2D eigenvalue weighted by Crippen LogP contribution is 2.09. The molecule has 5 heteroatoms. The van der Waals surface area contributed by atoms with E-state index in [1.165, 1.54) is 5.06 Å². The van der Waals surface area contributed by atoms with Crippen molar-refractivity contribution in [2.45, 2.75) is 0 Å². The molecule has 0 atom stereocenters. The maximum Gasteiger partial charge on any atom is 0.216 e. The van der Waals surface area contributed by atoms with E-state index < -0.39 is 0 Å². The minimum atomic E-state index is 0.311. The molecule has 0 aromatic heterocycles. The van der Waals surface area contributed by atoms with E-state index >= 15 is 0 Å². The Morgan fingerprint density at radius 3 is 2.62 bits per heavy atom. The average Bonchev–Trinajstić information content (AvgIpc) is 2.18. The number of rotatable bonds is 2. The summed E-state index contributed by atoms with van der Waals surface area (Å²) in [5.41, 5.74) is 0. The van der Waals surface area contributed by atoms with Crippen LogP contribution < -0.4 is 9.67 Å². The van der Waals surface area contributed by atoms with Gasteiger partial charge in [0, 0.05) is 18.8 Å². The van der Waals surface area contributed by atoms with Gasteiger partial charge < -0.3 is 4.84 Å². The first-order chi connectivity index (χ1) is 6.24. The molecule has 70 valence electrons. The van der Waals surface area contributed by atoms with Crippen molar-refractivity contribution in [3.05, 3.63) is 30.3 Å². The molecule has 1 aromatic carbocycles. The smallest absolute Gasteiger partial charge is 0.216 e. The van der Waals surface area contributed by atoms with Crippen molar-refractivity contribution >= 4 is 29.1 Å². The largest absolute Gasteiger partial charge is 0.378 e. The van der Waals surface area contributed by atoms with Gasteiger partial charge in [0.15, 0.2) is 5.75 Å². The minimum Gasteiger partial charge on any atom is -0.378 e. The summed E-state index contributed by atoms with van der Waals surface area (Å²) in [6.45, 7) is 0. The molecule has 0 heterocycles. The second kappa shape index (κ2) is 4.89. The van der Waals surface area contributed by atoms with Crippen molar-refractivity contribution in [2.75, 3.05) is 7.05 Å². The number of para-hydroxylation sites is 1. The quantitative estimate of drug-likeness (QED) is 0.464. The fourth-order valence-corrected chi connectivity index (χ4v) is 0.897. The van der Waals surface area contributed by atoms with E-state index in [1.54, 1.807) is 7.05 Å². The number of halogens is 1. The van der Waals surface area contributed by atoms with Crippen LogP contribution in [0.2, 0.25) is 0 Å². The summed E-state index contributed by atoms with van der Waals surface area (Å²) in [5, 5.41) is 1.68. The van der Waals surface area contributed by atoms with Gasteiger partial charge in [0.1, 0.15) is 0 Å². The molecule has 0 amide bonds. The van der Waals surface area contributed by atoms with Gasteiger partial charge in [-0.25, -0.2) is 0 Å². The zero-order valence-corrected chi connectivity index (χ0v) is 8.60. The molecule has 0 aliphatic carbocycles. The molecule has 0 radical (unpaired) electrons. The van der Waals surface area contributed by atoms with Crippen molar-refractivity contribution in [3.8, 4) is 5.75 Å². The average molecular weight is 217 g/mol. The van der Waals surface area contributed by atoms with Crippen LogP contribution in [-0.4, -0.2) is 17.2 Å². The Hall–Kier alpha value is -1.00. The van der Waals surface area contributed by atoms with Crippen molar-refractivity contribution in [3.63, 3.8) is 0 Å². The molecular formula is C8H9ClN2OS. The van der Waals surface area contributed by atoms with Crippen LogP contribution in [0.4, 0.5) is 0 Å². The molecule has 0 aliphatic rings. The maximum atomic E-state index is 5.31. The van der Waals surface area contributed by atoms with Crippen molar-refractivity contribution in [1.82, 2.24) is 9.90 Å². The Morgan fingerprint density at radius 2 is 2.08 bits per heavy atom. The Labute approximate surface area is 87.3 Å². The second-order valence-electron chi connectivity index (χ2n) is 2.30. The summed E-state index contributed by atoms with van der Waals surface area (Å²) >= 11 is 10.1. The Morgan fingerprint density at radius 1 is 1.46 bits per heavy atom. The number of nitrogens with zero attached hydrogens (tertiary/aromatic N) is 1. The van der Waals surface area contributed by atoms with Crippen LogP contribution in [-0.2, 0) is 0 Å². The fourth-order valence-electron chi connectivity index (χ4n) is 0.740. The monoisotopic (exact) mass is 216 g/mol. The van der Waals surface area contributed by atoms with Gasteiger partial charge in [0.2, 0.25) is 5.11 Å². The van der Waals surface area contributed by atoms with Crippen LogP contribution in [0.3, 0.4) is 0 Å². The van der Waals surface area contributed by atoms with Crippen LogP contribution in [0, 0.1) is 0 Å². The van der Waals surface area contributed by atoms with Gasteiger partial charge in [0.05, 0.1) is 0 Å². The molecule has 0 fully saturated rings. The maximum absolute atomic E-state index is 5.31. The van der Waals surface area contributed by atoms with Gasteiger partial charge in [-0.3, -0.25) is 4.84 Å². The molecular weight excluding hydrogens is 208 g/mol. The van der Waals surface area contributed by atoms with Crippen molar-refractivity contribution in [1.29, 1.82) is 0 Å². The third kappa shape index (κ3) is 3.08. The SMILES string of the molecule is CN(Oc1ccccc1)C(=S)NCl. The molecule has 0 unspecified atom stereocenters. The number of hydrogen-bond donors (Lipinski definition) is 1. The van der Waals surface area contributed by atoms with E-state index in [2.05, 4.69) is 4.84 Å². The van der Waals surface area contributed by atoms with E-state index in [0.717, 1.165) is 0 Å². The Balaban J connectivity index is 2.55. The van der Waals surface area contributed by atoms with E-state index in [4.69, 9.17) is 28.8 Å². The summed E-state index contributed by atoms with van der Waals surface area (Å²) < 4.78 is 0. The van der Waals surface area contributed by atoms with E-state index in [1.807, 2.05) is 30.3 Å². The second-order valence-corrected chi connectivity index (χ2v) is 2.88. The van der Waals surface area contributed by atoms with Crippen LogP contribution in [0.15, 0.2) is 30.3 Å². The number of thiocarbonyl (C=S) groups is 1. The van der Waals surface area contributed by atoms with Crippen LogP contribution in [0.5, 0.6) is 5.75 Å². The number of hydroxylamine groups is 2. The summed E-state index contributed by atoms with van der Waals surface area (Å²) in [6.07, 6.45) is 0. The molecule has 3 nitrogen and oxygen atoms in total. The fraction of sp³-hybridized carbons (Fsp3) is 0.125. The van der Waals surface area contributed by atoms with E-state index in [9.17, 15) is 0 Å². The summed E-state index contributed by atoms with van der Waals surface area (Å²) in [5.74, 6) is 0.708. The molecule has 0 spiro atoms. The van der Waals surface area contributed by atoms with Gasteiger partial charge in [-0.15, -0.1) is 0 Å². The molecule has 1 aromatic rings. The lowest BCUT2D eigenvalue weighted by atomic mass is 10.3. The molecule has 0 saturated carbocycles. The zero-order chi connectivity index (χ0) is 9.68. The Kier molecular flexibility index (Phi) is 3.79. The van der Waals surface area contributed by atoms with Crippen LogP contribution in [0.25, 0.3) is 0 Å². The molecule has 0 bridgehead atoms. The zero-order valence-electron chi connectivity index (χ0n) is 7.03.